The van der Waals surface area contributed by atoms with Crippen molar-refractivity contribution < 1.29 is 27.8 Å². The SMILES string of the molecule is CCNC(=O)c1cccc(CNC(=O)/C=C/c2cccc(OC)c2OC(F)F)c1. The van der Waals surface area contributed by atoms with Crippen molar-refractivity contribution in [1.29, 1.82) is 0 Å². The summed E-state index contributed by atoms with van der Waals surface area (Å²) in [6.07, 6.45) is 2.57. The highest BCUT2D eigenvalue weighted by atomic mass is 19.3. The van der Waals surface area contributed by atoms with Crippen LogP contribution in [-0.2, 0) is 11.3 Å². The molecule has 2 N–H and O–H groups in total. The quantitative estimate of drug-likeness (QED) is 0.629. The van der Waals surface area contributed by atoms with Crippen LogP contribution in [0.3, 0.4) is 0 Å². The third-order valence-corrected chi connectivity index (χ3v) is 3.84. The second-order valence-corrected chi connectivity index (χ2v) is 5.87. The molecule has 29 heavy (non-hydrogen) atoms. The third-order valence-electron chi connectivity index (χ3n) is 3.84. The van der Waals surface area contributed by atoms with E-state index in [9.17, 15) is 18.4 Å². The average Bonchev–Trinajstić information content (AvgIpc) is 2.71. The van der Waals surface area contributed by atoms with Gasteiger partial charge in [0.2, 0.25) is 5.91 Å². The molecule has 0 aliphatic carbocycles. The maximum atomic E-state index is 12.7. The first kappa shape index (κ1) is 21.9. The number of rotatable bonds is 9. The normalized spacial score (nSPS) is 10.8. The Hall–Kier alpha value is -3.42. The van der Waals surface area contributed by atoms with Crippen LogP contribution in [0, 0.1) is 0 Å². The molecule has 0 heterocycles. The van der Waals surface area contributed by atoms with Gasteiger partial charge in [0.25, 0.3) is 5.91 Å². The van der Waals surface area contributed by atoms with E-state index in [2.05, 4.69) is 15.4 Å². The van der Waals surface area contributed by atoms with Crippen molar-refractivity contribution in [2.75, 3.05) is 13.7 Å². The molecule has 0 aromatic heterocycles. The Labute approximate surface area is 167 Å². The van der Waals surface area contributed by atoms with E-state index in [1.807, 2.05) is 6.92 Å². The summed E-state index contributed by atoms with van der Waals surface area (Å²) in [6.45, 7) is -0.473. The maximum Gasteiger partial charge on any atom is 0.387 e. The van der Waals surface area contributed by atoms with Crippen molar-refractivity contribution >= 4 is 17.9 Å². The highest BCUT2D eigenvalue weighted by molar-refractivity contribution is 5.94. The van der Waals surface area contributed by atoms with Gasteiger partial charge in [-0.05, 0) is 36.8 Å². The van der Waals surface area contributed by atoms with Gasteiger partial charge in [-0.25, -0.2) is 0 Å². The molecule has 0 spiro atoms. The Kier molecular flexibility index (Phi) is 8.14. The number of methoxy groups -OCH3 is 1. The van der Waals surface area contributed by atoms with Crippen LogP contribution in [0.15, 0.2) is 48.5 Å². The molecule has 0 fully saturated rings. The van der Waals surface area contributed by atoms with Crippen molar-refractivity contribution in [3.05, 3.63) is 65.2 Å². The van der Waals surface area contributed by atoms with Gasteiger partial charge in [0.15, 0.2) is 11.5 Å². The monoisotopic (exact) mass is 404 g/mol. The number of carbonyl (C=O) groups is 2. The van der Waals surface area contributed by atoms with E-state index < -0.39 is 12.5 Å². The molecule has 0 aliphatic heterocycles. The van der Waals surface area contributed by atoms with Crippen LogP contribution in [0.2, 0.25) is 0 Å². The van der Waals surface area contributed by atoms with E-state index in [-0.39, 0.29) is 29.5 Å². The van der Waals surface area contributed by atoms with Crippen molar-refractivity contribution in [1.82, 2.24) is 10.6 Å². The van der Waals surface area contributed by atoms with Gasteiger partial charge in [0, 0.05) is 30.3 Å². The molecule has 0 radical (unpaired) electrons. The zero-order valence-electron chi connectivity index (χ0n) is 16.1. The molecule has 6 nitrogen and oxygen atoms in total. The van der Waals surface area contributed by atoms with Gasteiger partial charge in [-0.2, -0.15) is 8.78 Å². The molecule has 0 saturated carbocycles. The lowest BCUT2D eigenvalue weighted by Gasteiger charge is -2.12. The second-order valence-electron chi connectivity index (χ2n) is 5.87. The standard InChI is InChI=1S/C21H22F2N2O4/c1-3-24-20(27)16-8-4-6-14(12-16)13-25-18(26)11-10-15-7-5-9-17(28-2)19(15)29-21(22)23/h4-12,21H,3,13H2,1-2H3,(H,24,27)(H,25,26)/b11-10+. The van der Waals surface area contributed by atoms with Crippen molar-refractivity contribution in [2.45, 2.75) is 20.1 Å². The minimum absolute atomic E-state index is 0.134. The van der Waals surface area contributed by atoms with Crippen LogP contribution in [0.1, 0.15) is 28.4 Å². The smallest absolute Gasteiger partial charge is 0.387 e. The summed E-state index contributed by atoms with van der Waals surface area (Å²) < 4.78 is 34.8. The third kappa shape index (κ3) is 6.60. The minimum Gasteiger partial charge on any atom is -0.493 e. The molecule has 0 atom stereocenters. The number of hydrogen-bond acceptors (Lipinski definition) is 4. The minimum atomic E-state index is -3.02. The molecule has 0 aliphatic rings. The summed E-state index contributed by atoms with van der Waals surface area (Å²) in [7, 11) is 1.34. The predicted molar refractivity (Wildman–Crippen MR) is 105 cm³/mol. The number of para-hydroxylation sites is 1. The van der Waals surface area contributed by atoms with E-state index in [1.165, 1.54) is 31.4 Å². The van der Waals surface area contributed by atoms with Crippen molar-refractivity contribution in [3.8, 4) is 11.5 Å². The summed E-state index contributed by atoms with van der Waals surface area (Å²) in [5.74, 6) is -0.636. The van der Waals surface area contributed by atoms with Crippen molar-refractivity contribution in [3.63, 3.8) is 0 Å². The van der Waals surface area contributed by atoms with E-state index >= 15 is 0 Å². The number of nitrogens with one attached hydrogen (secondary N) is 2. The highest BCUT2D eigenvalue weighted by Crippen LogP contribution is 2.33. The van der Waals surface area contributed by atoms with E-state index in [1.54, 1.807) is 30.3 Å². The van der Waals surface area contributed by atoms with Crippen LogP contribution in [-0.4, -0.2) is 32.1 Å². The van der Waals surface area contributed by atoms with Crippen LogP contribution in [0.25, 0.3) is 6.08 Å². The van der Waals surface area contributed by atoms with Gasteiger partial charge in [-0.1, -0.05) is 24.3 Å². The molecule has 0 saturated heterocycles. The number of alkyl halides is 2. The molecule has 2 amide bonds. The van der Waals surface area contributed by atoms with Gasteiger partial charge in [-0.3, -0.25) is 9.59 Å². The zero-order chi connectivity index (χ0) is 21.2. The topological polar surface area (TPSA) is 76.7 Å². The summed E-state index contributed by atoms with van der Waals surface area (Å²) in [5, 5.41) is 5.39. The Morgan fingerprint density at radius 3 is 2.59 bits per heavy atom. The van der Waals surface area contributed by atoms with Gasteiger partial charge >= 0.3 is 6.61 Å². The molecule has 154 valence electrons. The predicted octanol–water partition coefficient (Wildman–Crippen LogP) is 3.38. The number of carbonyl (C=O) groups excluding carboxylic acids is 2. The van der Waals surface area contributed by atoms with Crippen LogP contribution in [0.5, 0.6) is 11.5 Å². The first-order chi connectivity index (χ1) is 13.9. The first-order valence-corrected chi connectivity index (χ1v) is 8.89. The summed E-state index contributed by atoms with van der Waals surface area (Å²) in [4.78, 5) is 24.0. The number of amides is 2. The summed E-state index contributed by atoms with van der Waals surface area (Å²) >= 11 is 0. The Bertz CT molecular complexity index is 885. The zero-order valence-corrected chi connectivity index (χ0v) is 16.1. The van der Waals surface area contributed by atoms with Crippen LogP contribution < -0.4 is 20.1 Å². The Morgan fingerprint density at radius 1 is 1.14 bits per heavy atom. The average molecular weight is 404 g/mol. The van der Waals surface area contributed by atoms with Gasteiger partial charge < -0.3 is 20.1 Å². The number of halogens is 2. The molecular weight excluding hydrogens is 382 g/mol. The first-order valence-electron chi connectivity index (χ1n) is 8.89. The Morgan fingerprint density at radius 2 is 1.90 bits per heavy atom. The molecule has 2 rings (SSSR count). The van der Waals surface area contributed by atoms with E-state index in [0.717, 1.165) is 5.56 Å². The maximum absolute atomic E-state index is 12.7. The lowest BCUT2D eigenvalue weighted by atomic mass is 10.1. The molecular formula is C21H22F2N2O4. The second kappa shape index (κ2) is 10.8. The van der Waals surface area contributed by atoms with E-state index in [4.69, 9.17) is 4.74 Å². The lowest BCUT2D eigenvalue weighted by molar-refractivity contribution is -0.116. The number of benzene rings is 2. The highest BCUT2D eigenvalue weighted by Gasteiger charge is 2.14. The summed E-state index contributed by atoms with van der Waals surface area (Å²) in [6, 6.07) is 11.5. The van der Waals surface area contributed by atoms with Crippen molar-refractivity contribution in [2.24, 2.45) is 0 Å². The van der Waals surface area contributed by atoms with Gasteiger partial charge in [-0.15, -0.1) is 0 Å². The fraction of sp³-hybridized carbons (Fsp3) is 0.238. The molecule has 8 heteroatoms. The lowest BCUT2D eigenvalue weighted by Crippen LogP contribution is -2.23. The van der Waals surface area contributed by atoms with Crippen LogP contribution >= 0.6 is 0 Å². The van der Waals surface area contributed by atoms with Gasteiger partial charge in [0.1, 0.15) is 0 Å². The molecule has 2 aromatic carbocycles. The van der Waals surface area contributed by atoms with Crippen LogP contribution in [0.4, 0.5) is 8.78 Å². The molecule has 0 unspecified atom stereocenters. The fourth-order valence-corrected chi connectivity index (χ4v) is 2.54. The molecule has 0 bridgehead atoms. The molecule has 2 aromatic rings. The van der Waals surface area contributed by atoms with Gasteiger partial charge in [0.05, 0.1) is 7.11 Å². The number of ether oxygens (including phenoxy) is 2. The largest absolute Gasteiger partial charge is 0.493 e. The summed E-state index contributed by atoms with van der Waals surface area (Å²) in [5.41, 5.74) is 1.52. The Balaban J connectivity index is 2.04. The van der Waals surface area contributed by atoms with E-state index in [0.29, 0.717) is 12.1 Å². The number of hydrogen-bond donors (Lipinski definition) is 2. The fourth-order valence-electron chi connectivity index (χ4n) is 2.54.